The average Bonchev–Trinajstić information content (AvgIpc) is 2.27. The molecular formula is C16H26N2O3. The molecule has 1 rings (SSSR count). The van der Waals surface area contributed by atoms with E-state index in [1.165, 1.54) is 0 Å². The predicted molar refractivity (Wildman–Crippen MR) is 84.8 cm³/mol. The first-order valence-electron chi connectivity index (χ1n) is 6.96. The molecule has 0 unspecified atom stereocenters. The highest BCUT2D eigenvalue weighted by atomic mass is 16.6. The Bertz CT molecular complexity index is 499. The van der Waals surface area contributed by atoms with E-state index < -0.39 is 11.7 Å². The molecule has 0 spiro atoms. The summed E-state index contributed by atoms with van der Waals surface area (Å²) < 4.78 is 10.5. The van der Waals surface area contributed by atoms with Gasteiger partial charge in [0, 0.05) is 11.6 Å². The third-order valence-corrected chi connectivity index (χ3v) is 2.60. The minimum Gasteiger partial charge on any atom is -0.497 e. The van der Waals surface area contributed by atoms with Gasteiger partial charge in [-0.1, -0.05) is 6.07 Å². The number of rotatable bonds is 4. The summed E-state index contributed by atoms with van der Waals surface area (Å²) in [6.07, 6.45) is 0.133. The second-order valence-corrected chi connectivity index (χ2v) is 6.82. The molecule has 5 heteroatoms. The fourth-order valence-corrected chi connectivity index (χ4v) is 1.86. The molecule has 0 aliphatic rings. The Hall–Kier alpha value is -1.75. The van der Waals surface area contributed by atoms with Crippen LogP contribution in [0.3, 0.4) is 0 Å². The zero-order valence-corrected chi connectivity index (χ0v) is 13.7. The minimum absolute atomic E-state index is 0.376. The van der Waals surface area contributed by atoms with Crippen molar-refractivity contribution in [2.75, 3.05) is 12.4 Å². The Morgan fingerprint density at radius 2 is 1.86 bits per heavy atom. The van der Waals surface area contributed by atoms with Crippen LogP contribution in [0, 0.1) is 0 Å². The standard InChI is InChI=1S/C16H26N2O3/c1-15(2,3)21-14(19)18-13-9-12(20-6)8-7-11(13)10-16(4,5)17/h7-9H,10,17H2,1-6H3,(H,18,19). The predicted octanol–water partition coefficient (Wildman–Crippen LogP) is 3.32. The van der Waals surface area contributed by atoms with Crippen molar-refractivity contribution in [2.45, 2.75) is 52.2 Å². The summed E-state index contributed by atoms with van der Waals surface area (Å²) in [5.74, 6) is 0.666. The lowest BCUT2D eigenvalue weighted by atomic mass is 9.95. The number of nitrogens with two attached hydrogens (primary N) is 1. The van der Waals surface area contributed by atoms with Gasteiger partial charge in [-0.2, -0.15) is 0 Å². The lowest BCUT2D eigenvalue weighted by Crippen LogP contribution is -2.35. The Balaban J connectivity index is 2.99. The molecule has 21 heavy (non-hydrogen) atoms. The summed E-state index contributed by atoms with van der Waals surface area (Å²) >= 11 is 0. The van der Waals surface area contributed by atoms with Crippen LogP contribution in [-0.2, 0) is 11.2 Å². The van der Waals surface area contributed by atoms with E-state index in [0.717, 1.165) is 5.56 Å². The highest BCUT2D eigenvalue weighted by Crippen LogP contribution is 2.26. The molecule has 0 aliphatic heterocycles. The fourth-order valence-electron chi connectivity index (χ4n) is 1.86. The van der Waals surface area contributed by atoms with Crippen LogP contribution in [0.1, 0.15) is 40.2 Å². The summed E-state index contributed by atoms with van der Waals surface area (Å²) in [6, 6.07) is 5.52. The van der Waals surface area contributed by atoms with Gasteiger partial charge in [-0.3, -0.25) is 5.32 Å². The van der Waals surface area contributed by atoms with E-state index in [4.69, 9.17) is 15.2 Å². The van der Waals surface area contributed by atoms with E-state index in [1.54, 1.807) is 13.2 Å². The SMILES string of the molecule is COc1ccc(CC(C)(C)N)c(NC(=O)OC(C)(C)C)c1. The molecule has 1 aromatic carbocycles. The van der Waals surface area contributed by atoms with E-state index >= 15 is 0 Å². The van der Waals surface area contributed by atoms with Crippen LogP contribution >= 0.6 is 0 Å². The molecule has 0 aliphatic carbocycles. The monoisotopic (exact) mass is 294 g/mol. The van der Waals surface area contributed by atoms with Gasteiger partial charge < -0.3 is 15.2 Å². The van der Waals surface area contributed by atoms with Crippen LogP contribution in [0.15, 0.2) is 18.2 Å². The molecule has 118 valence electrons. The van der Waals surface area contributed by atoms with Gasteiger partial charge in [0.25, 0.3) is 0 Å². The smallest absolute Gasteiger partial charge is 0.412 e. The van der Waals surface area contributed by atoms with Gasteiger partial charge in [-0.15, -0.1) is 0 Å². The molecule has 1 amide bonds. The maximum Gasteiger partial charge on any atom is 0.412 e. The lowest BCUT2D eigenvalue weighted by molar-refractivity contribution is 0.0635. The highest BCUT2D eigenvalue weighted by Gasteiger charge is 2.19. The number of ether oxygens (including phenoxy) is 2. The number of anilines is 1. The first-order valence-corrected chi connectivity index (χ1v) is 6.96. The van der Waals surface area contributed by atoms with Crippen LogP contribution in [0.4, 0.5) is 10.5 Å². The second-order valence-electron chi connectivity index (χ2n) is 6.82. The van der Waals surface area contributed by atoms with Gasteiger partial charge in [0.1, 0.15) is 11.4 Å². The van der Waals surface area contributed by atoms with Crippen molar-refractivity contribution in [1.82, 2.24) is 0 Å². The molecule has 1 aromatic rings. The molecule has 0 bridgehead atoms. The van der Waals surface area contributed by atoms with Crippen molar-refractivity contribution in [3.05, 3.63) is 23.8 Å². The van der Waals surface area contributed by atoms with Crippen molar-refractivity contribution in [3.8, 4) is 5.75 Å². The van der Waals surface area contributed by atoms with Crippen LogP contribution < -0.4 is 15.8 Å². The summed E-state index contributed by atoms with van der Waals surface area (Å²) in [6.45, 7) is 9.34. The van der Waals surface area contributed by atoms with Crippen molar-refractivity contribution >= 4 is 11.8 Å². The normalized spacial score (nSPS) is 12.0. The molecule has 0 saturated carbocycles. The largest absolute Gasteiger partial charge is 0.497 e. The topological polar surface area (TPSA) is 73.6 Å². The number of carbonyl (C=O) groups excluding carboxylic acids is 1. The average molecular weight is 294 g/mol. The first kappa shape index (κ1) is 17.3. The van der Waals surface area contributed by atoms with Crippen molar-refractivity contribution in [1.29, 1.82) is 0 Å². The highest BCUT2D eigenvalue weighted by molar-refractivity contribution is 5.86. The molecule has 0 fully saturated rings. The van der Waals surface area contributed by atoms with Gasteiger partial charge in [0.2, 0.25) is 0 Å². The van der Waals surface area contributed by atoms with Gasteiger partial charge in [0.15, 0.2) is 0 Å². The van der Waals surface area contributed by atoms with Gasteiger partial charge in [-0.05, 0) is 52.7 Å². The number of methoxy groups -OCH3 is 1. The molecule has 0 saturated heterocycles. The van der Waals surface area contributed by atoms with E-state index in [0.29, 0.717) is 17.9 Å². The van der Waals surface area contributed by atoms with Gasteiger partial charge in [-0.25, -0.2) is 4.79 Å². The summed E-state index contributed by atoms with van der Waals surface area (Å²) in [7, 11) is 1.58. The van der Waals surface area contributed by atoms with Crippen molar-refractivity contribution in [3.63, 3.8) is 0 Å². The van der Waals surface area contributed by atoms with Crippen molar-refractivity contribution < 1.29 is 14.3 Å². The van der Waals surface area contributed by atoms with Crippen LogP contribution in [0.5, 0.6) is 5.75 Å². The Morgan fingerprint density at radius 3 is 2.33 bits per heavy atom. The summed E-state index contributed by atoms with van der Waals surface area (Å²) in [5.41, 5.74) is 6.74. The Labute approximate surface area is 126 Å². The zero-order valence-electron chi connectivity index (χ0n) is 13.7. The molecular weight excluding hydrogens is 268 g/mol. The lowest BCUT2D eigenvalue weighted by Gasteiger charge is -2.23. The zero-order chi connectivity index (χ0) is 16.3. The number of benzene rings is 1. The fraction of sp³-hybridized carbons (Fsp3) is 0.562. The van der Waals surface area contributed by atoms with Crippen molar-refractivity contribution in [2.24, 2.45) is 5.73 Å². The molecule has 0 atom stereocenters. The number of hydrogen-bond acceptors (Lipinski definition) is 4. The third kappa shape index (κ3) is 6.49. The maximum atomic E-state index is 11.9. The molecule has 0 radical (unpaired) electrons. The van der Waals surface area contributed by atoms with Crippen LogP contribution in [-0.4, -0.2) is 24.3 Å². The van der Waals surface area contributed by atoms with E-state index in [2.05, 4.69) is 5.32 Å². The minimum atomic E-state index is -0.545. The molecule has 0 aromatic heterocycles. The Morgan fingerprint density at radius 1 is 1.24 bits per heavy atom. The number of carbonyl (C=O) groups is 1. The number of nitrogens with one attached hydrogen (secondary N) is 1. The molecule has 3 N–H and O–H groups in total. The van der Waals surface area contributed by atoms with Crippen LogP contribution in [0.2, 0.25) is 0 Å². The summed E-state index contributed by atoms with van der Waals surface area (Å²) in [4.78, 5) is 11.9. The molecule has 5 nitrogen and oxygen atoms in total. The maximum absolute atomic E-state index is 11.9. The summed E-state index contributed by atoms with van der Waals surface area (Å²) in [5, 5.41) is 2.77. The first-order chi connectivity index (χ1) is 9.50. The van der Waals surface area contributed by atoms with Gasteiger partial charge in [0.05, 0.1) is 12.8 Å². The third-order valence-electron chi connectivity index (χ3n) is 2.60. The van der Waals surface area contributed by atoms with Gasteiger partial charge >= 0.3 is 6.09 Å². The quantitative estimate of drug-likeness (QED) is 0.893. The van der Waals surface area contributed by atoms with E-state index in [-0.39, 0.29) is 5.54 Å². The second kappa shape index (κ2) is 6.35. The molecule has 0 heterocycles. The number of hydrogen-bond donors (Lipinski definition) is 2. The van der Waals surface area contributed by atoms with Crippen LogP contribution in [0.25, 0.3) is 0 Å². The Kier molecular flexibility index (Phi) is 5.23. The van der Waals surface area contributed by atoms with E-state index in [1.807, 2.05) is 46.8 Å². The van der Waals surface area contributed by atoms with E-state index in [9.17, 15) is 4.79 Å². The number of amides is 1.